The first-order valence-electron chi connectivity index (χ1n) is 11.9. The van der Waals surface area contributed by atoms with Gasteiger partial charge >= 0.3 is 0 Å². The third-order valence-corrected chi connectivity index (χ3v) is 8.66. The average Bonchev–Trinajstić information content (AvgIpc) is 3.25. The monoisotopic (exact) mass is 499 g/mol. The first-order valence-corrected chi connectivity index (χ1v) is 13.3. The van der Waals surface area contributed by atoms with Gasteiger partial charge in [-0.05, 0) is 50.5 Å². The average molecular weight is 500 g/mol. The first kappa shape index (κ1) is 22.5. The summed E-state index contributed by atoms with van der Waals surface area (Å²) in [6.45, 7) is 1.93. The van der Waals surface area contributed by atoms with E-state index in [0.717, 1.165) is 30.4 Å². The van der Waals surface area contributed by atoms with E-state index in [2.05, 4.69) is 30.4 Å². The minimum absolute atomic E-state index is 0.192. The molecular weight excluding hydrogens is 474 g/mol. The van der Waals surface area contributed by atoms with Crippen LogP contribution in [0.5, 0.6) is 0 Å². The van der Waals surface area contributed by atoms with Crippen LogP contribution < -0.4 is 5.32 Å². The predicted molar refractivity (Wildman–Crippen MR) is 135 cm³/mol. The lowest BCUT2D eigenvalue weighted by Gasteiger charge is -2.32. The van der Waals surface area contributed by atoms with Crippen molar-refractivity contribution in [1.29, 1.82) is 0 Å². The second-order valence-electron chi connectivity index (χ2n) is 9.31. The van der Waals surface area contributed by atoms with Crippen LogP contribution in [0.3, 0.4) is 0 Å². The molecule has 0 bridgehead atoms. The molecule has 6 rings (SSSR count). The van der Waals surface area contributed by atoms with Crippen molar-refractivity contribution in [2.75, 3.05) is 5.32 Å². The van der Waals surface area contributed by atoms with Gasteiger partial charge < -0.3 is 5.32 Å². The van der Waals surface area contributed by atoms with Crippen LogP contribution in [0.25, 0.3) is 6.08 Å². The number of aromatic nitrogens is 6. The Bertz CT molecular complexity index is 1490. The SMILES string of the molecule is Cc1ccc(S(=O)(=O)n2nc(NC3CCC3)c3c2CC(c2ccncn2)(c2ccncn2)C=C3)cc1. The van der Waals surface area contributed by atoms with Crippen LogP contribution in [0, 0.1) is 6.92 Å². The van der Waals surface area contributed by atoms with Crippen molar-refractivity contribution in [1.82, 2.24) is 29.1 Å². The fourth-order valence-electron chi connectivity index (χ4n) is 4.79. The number of aryl methyl sites for hydroxylation is 1. The van der Waals surface area contributed by atoms with Crippen LogP contribution in [0.1, 0.15) is 47.5 Å². The molecule has 0 amide bonds. The standard InChI is InChI=1S/C26H25N7O2S/c1-18-5-7-20(8-6-18)36(34,35)33-22-15-26(23-10-13-27-16-29-23,24-11-14-28-17-30-24)12-9-21(22)25(32-33)31-19-3-2-4-19/h5-14,16-17,19H,2-4,15H2,1H3,(H,31,32). The molecule has 3 aromatic heterocycles. The second kappa shape index (κ2) is 8.63. The zero-order chi connectivity index (χ0) is 24.8. The number of nitrogens with one attached hydrogen (secondary N) is 1. The summed E-state index contributed by atoms with van der Waals surface area (Å²) in [6, 6.07) is 10.8. The van der Waals surface area contributed by atoms with Gasteiger partial charge in [0.05, 0.1) is 27.4 Å². The summed E-state index contributed by atoms with van der Waals surface area (Å²) in [5.41, 5.74) is 2.96. The first-order chi connectivity index (χ1) is 17.5. The number of fused-ring (bicyclic) bond motifs is 1. The molecule has 1 N–H and O–H groups in total. The summed E-state index contributed by atoms with van der Waals surface area (Å²) in [5, 5.41) is 8.11. The van der Waals surface area contributed by atoms with E-state index in [-0.39, 0.29) is 4.90 Å². The molecule has 1 saturated carbocycles. The van der Waals surface area contributed by atoms with Gasteiger partial charge in [0.2, 0.25) is 0 Å². The van der Waals surface area contributed by atoms with Gasteiger partial charge in [-0.2, -0.15) is 12.5 Å². The summed E-state index contributed by atoms with van der Waals surface area (Å²) in [6.07, 6.45) is 13.9. The number of anilines is 1. The van der Waals surface area contributed by atoms with E-state index < -0.39 is 15.4 Å². The molecule has 4 aromatic rings. The molecule has 182 valence electrons. The molecule has 2 aliphatic rings. The number of rotatable bonds is 6. The van der Waals surface area contributed by atoms with E-state index >= 15 is 0 Å². The summed E-state index contributed by atoms with van der Waals surface area (Å²) in [4.78, 5) is 17.4. The number of benzene rings is 1. The van der Waals surface area contributed by atoms with Crippen LogP contribution in [-0.4, -0.2) is 43.6 Å². The lowest BCUT2D eigenvalue weighted by molar-refractivity contribution is 0.444. The molecule has 1 aromatic carbocycles. The Morgan fingerprint density at radius 3 is 2.19 bits per heavy atom. The van der Waals surface area contributed by atoms with Crippen molar-refractivity contribution in [2.24, 2.45) is 0 Å². The van der Waals surface area contributed by atoms with Crippen molar-refractivity contribution < 1.29 is 8.42 Å². The van der Waals surface area contributed by atoms with Crippen LogP contribution in [0.4, 0.5) is 5.82 Å². The molecule has 9 nitrogen and oxygen atoms in total. The Morgan fingerprint density at radius 2 is 1.64 bits per heavy atom. The van der Waals surface area contributed by atoms with Gasteiger partial charge in [0, 0.05) is 30.4 Å². The Kier molecular flexibility index (Phi) is 5.40. The summed E-state index contributed by atoms with van der Waals surface area (Å²) < 4.78 is 29.0. The number of nitrogens with zero attached hydrogens (tertiary/aromatic N) is 6. The number of allylic oxidation sites excluding steroid dienone is 1. The molecule has 36 heavy (non-hydrogen) atoms. The maximum Gasteiger partial charge on any atom is 0.283 e. The largest absolute Gasteiger partial charge is 0.365 e. The quantitative estimate of drug-likeness (QED) is 0.428. The lowest BCUT2D eigenvalue weighted by atomic mass is 9.73. The molecule has 0 atom stereocenters. The van der Waals surface area contributed by atoms with Crippen molar-refractivity contribution in [3.8, 4) is 0 Å². The van der Waals surface area contributed by atoms with Gasteiger partial charge in [0.25, 0.3) is 10.0 Å². The highest BCUT2D eigenvalue weighted by Gasteiger charge is 2.42. The van der Waals surface area contributed by atoms with Crippen molar-refractivity contribution >= 4 is 21.9 Å². The minimum atomic E-state index is -3.95. The zero-order valence-electron chi connectivity index (χ0n) is 19.7. The Balaban J connectivity index is 1.54. The van der Waals surface area contributed by atoms with E-state index in [0.29, 0.717) is 35.4 Å². The molecule has 0 spiro atoms. The molecule has 10 heteroatoms. The van der Waals surface area contributed by atoms with Gasteiger partial charge in [-0.15, -0.1) is 5.10 Å². The maximum atomic E-state index is 13.9. The van der Waals surface area contributed by atoms with Crippen LogP contribution >= 0.6 is 0 Å². The smallest absolute Gasteiger partial charge is 0.283 e. The zero-order valence-corrected chi connectivity index (χ0v) is 20.6. The molecule has 0 radical (unpaired) electrons. The summed E-state index contributed by atoms with van der Waals surface area (Å²) >= 11 is 0. The number of hydrogen-bond donors (Lipinski definition) is 1. The molecule has 1 fully saturated rings. The third-order valence-electron chi connectivity index (χ3n) is 7.04. The topological polar surface area (TPSA) is 116 Å². The Hall–Kier alpha value is -3.92. The molecule has 0 unspecified atom stereocenters. The minimum Gasteiger partial charge on any atom is -0.365 e. The fourth-order valence-corrected chi connectivity index (χ4v) is 6.11. The molecule has 0 saturated heterocycles. The molecular formula is C26H25N7O2S. The van der Waals surface area contributed by atoms with Crippen LogP contribution in [-0.2, 0) is 21.9 Å². The van der Waals surface area contributed by atoms with E-state index in [4.69, 9.17) is 0 Å². The normalized spacial score (nSPS) is 16.8. The lowest BCUT2D eigenvalue weighted by Crippen LogP contribution is -2.34. The van der Waals surface area contributed by atoms with Gasteiger partial charge in [-0.25, -0.2) is 19.9 Å². The fraction of sp³-hybridized carbons (Fsp3) is 0.269. The Labute approximate surface area is 209 Å². The van der Waals surface area contributed by atoms with Crippen molar-refractivity contribution in [3.05, 3.63) is 95.7 Å². The third kappa shape index (κ3) is 3.69. The predicted octanol–water partition coefficient (Wildman–Crippen LogP) is 3.53. The van der Waals surface area contributed by atoms with Crippen LogP contribution in [0.15, 0.2) is 72.4 Å². The Morgan fingerprint density at radius 1 is 0.972 bits per heavy atom. The maximum absolute atomic E-state index is 13.9. The highest BCUT2D eigenvalue weighted by atomic mass is 32.2. The van der Waals surface area contributed by atoms with E-state index in [9.17, 15) is 8.42 Å². The highest BCUT2D eigenvalue weighted by Crippen LogP contribution is 2.42. The van der Waals surface area contributed by atoms with Gasteiger partial charge in [0.1, 0.15) is 12.7 Å². The molecule has 2 aliphatic carbocycles. The van der Waals surface area contributed by atoms with Gasteiger partial charge in [-0.3, -0.25) is 0 Å². The number of hydrogen-bond acceptors (Lipinski definition) is 8. The van der Waals surface area contributed by atoms with Crippen LogP contribution in [0.2, 0.25) is 0 Å². The van der Waals surface area contributed by atoms with Gasteiger partial charge in [0.15, 0.2) is 5.82 Å². The van der Waals surface area contributed by atoms with Crippen molar-refractivity contribution in [3.63, 3.8) is 0 Å². The summed E-state index contributed by atoms with van der Waals surface area (Å²) in [5.74, 6) is 0.584. The second-order valence-corrected chi connectivity index (χ2v) is 11.1. The van der Waals surface area contributed by atoms with E-state index in [1.54, 1.807) is 36.7 Å². The van der Waals surface area contributed by atoms with E-state index in [1.165, 1.54) is 16.7 Å². The molecule has 3 heterocycles. The van der Waals surface area contributed by atoms with E-state index in [1.807, 2.05) is 31.2 Å². The van der Waals surface area contributed by atoms with Crippen molar-refractivity contribution in [2.45, 2.75) is 49.0 Å². The van der Waals surface area contributed by atoms with Gasteiger partial charge in [-0.1, -0.05) is 29.8 Å². The summed E-state index contributed by atoms with van der Waals surface area (Å²) in [7, 11) is -3.95. The highest BCUT2D eigenvalue weighted by molar-refractivity contribution is 7.89. The molecule has 0 aliphatic heterocycles.